The Labute approximate surface area is 311 Å². The highest BCUT2D eigenvalue weighted by Crippen LogP contribution is 2.42. The van der Waals surface area contributed by atoms with Gasteiger partial charge in [0.05, 0.1) is 28.8 Å². The number of nitrogens with zero attached hydrogens (tertiary/aromatic N) is 7. The number of hydrogen-bond acceptors (Lipinski definition) is 9. The smallest absolute Gasteiger partial charge is 0.323 e. The molecule has 6 aliphatic rings. The van der Waals surface area contributed by atoms with Gasteiger partial charge in [-0.15, -0.1) is 0 Å². The number of urea groups is 1. The molecule has 2 atom stereocenters. The molecule has 2 saturated heterocycles. The zero-order chi connectivity index (χ0) is 37.8. The molecule has 4 aliphatic heterocycles. The number of hydrogen-bond donors (Lipinski definition) is 3. The minimum absolute atomic E-state index is 0.00646. The highest BCUT2D eigenvalue weighted by molar-refractivity contribution is 5.97. The normalized spacial score (nSPS) is 22.6. The molecule has 2 aliphatic carbocycles. The molecule has 0 spiro atoms. The van der Waals surface area contributed by atoms with Crippen molar-refractivity contribution in [3.63, 3.8) is 0 Å². The zero-order valence-electron chi connectivity index (χ0n) is 30.3. The van der Waals surface area contributed by atoms with Gasteiger partial charge in [-0.1, -0.05) is 0 Å². The monoisotopic (exact) mass is 744 g/mol. The number of anilines is 4. The van der Waals surface area contributed by atoms with Crippen LogP contribution in [0.2, 0.25) is 0 Å². The van der Waals surface area contributed by atoms with Gasteiger partial charge < -0.3 is 26.2 Å². The molecule has 4 aromatic rings. The minimum Gasteiger partial charge on any atom is -0.366 e. The summed E-state index contributed by atoms with van der Waals surface area (Å²) in [6.45, 7) is 7.77. The van der Waals surface area contributed by atoms with Crippen LogP contribution in [0.15, 0.2) is 60.9 Å². The van der Waals surface area contributed by atoms with E-state index in [4.69, 9.17) is 15.7 Å². The van der Waals surface area contributed by atoms with E-state index < -0.39 is 17.9 Å². The molecule has 284 valence electrons. The number of alkyl halides is 4. The average Bonchev–Trinajstić information content (AvgIpc) is 3.72. The van der Waals surface area contributed by atoms with Crippen molar-refractivity contribution in [1.82, 2.24) is 25.3 Å². The molecule has 4 aromatic heterocycles. The lowest BCUT2D eigenvalue weighted by molar-refractivity contribution is -0.0896. The van der Waals surface area contributed by atoms with E-state index in [1.165, 1.54) is 12.1 Å². The number of fused-ring (bicyclic) bond motifs is 8. The van der Waals surface area contributed by atoms with Crippen LogP contribution in [0.25, 0.3) is 22.5 Å². The second-order valence-electron chi connectivity index (χ2n) is 15.2. The van der Waals surface area contributed by atoms with E-state index in [1.54, 1.807) is 11.1 Å². The van der Waals surface area contributed by atoms with Crippen LogP contribution in [-0.4, -0.2) is 88.2 Å². The van der Waals surface area contributed by atoms with Crippen LogP contribution in [0.5, 0.6) is 0 Å². The van der Waals surface area contributed by atoms with Crippen LogP contribution in [-0.2, 0) is 0 Å². The molecule has 15 heteroatoms. The predicted molar refractivity (Wildman–Crippen MR) is 200 cm³/mol. The summed E-state index contributed by atoms with van der Waals surface area (Å²) in [4.78, 5) is 37.5. The Morgan fingerprint density at radius 2 is 1.37 bits per heavy atom. The van der Waals surface area contributed by atoms with Gasteiger partial charge in [-0.05, 0) is 75.2 Å². The van der Waals surface area contributed by atoms with Crippen LogP contribution in [0.1, 0.15) is 49.9 Å². The fourth-order valence-corrected chi connectivity index (χ4v) is 7.85. The highest BCUT2D eigenvalue weighted by atomic mass is 19.3. The number of pyridine rings is 4. The number of aromatic nitrogens is 4. The van der Waals surface area contributed by atoms with E-state index in [2.05, 4.69) is 48.6 Å². The van der Waals surface area contributed by atoms with Crippen LogP contribution in [0.3, 0.4) is 0 Å². The number of nitrogens with two attached hydrogens (primary N) is 1. The van der Waals surface area contributed by atoms with Crippen LogP contribution in [0, 0.1) is 13.8 Å². The van der Waals surface area contributed by atoms with Gasteiger partial charge in [0.15, 0.2) is 11.6 Å². The molecule has 0 radical (unpaired) electrons. The lowest BCUT2D eigenvalue weighted by Crippen LogP contribution is -2.57. The maximum Gasteiger partial charge on any atom is 0.323 e. The molecule has 0 unspecified atom stereocenters. The van der Waals surface area contributed by atoms with Crippen LogP contribution in [0.4, 0.5) is 45.4 Å². The molecular formula is C39H44F4N10O. The lowest BCUT2D eigenvalue weighted by Gasteiger charge is -2.40. The van der Waals surface area contributed by atoms with E-state index in [0.29, 0.717) is 11.9 Å². The number of carbonyl (C=O) groups is 1. The zero-order valence-corrected chi connectivity index (χ0v) is 30.3. The third kappa shape index (κ3) is 7.50. The van der Waals surface area contributed by atoms with E-state index in [9.17, 15) is 22.4 Å². The van der Waals surface area contributed by atoms with E-state index in [-0.39, 0.29) is 43.8 Å². The molecule has 10 rings (SSSR count). The lowest BCUT2D eigenvalue weighted by atomic mass is 9.88. The molecule has 54 heavy (non-hydrogen) atoms. The first-order chi connectivity index (χ1) is 25.8. The summed E-state index contributed by atoms with van der Waals surface area (Å²) in [7, 11) is 0. The fraction of sp³-hybridized carbons (Fsp3) is 0.462. The molecule has 2 amide bonds. The van der Waals surface area contributed by atoms with Crippen molar-refractivity contribution >= 4 is 29.0 Å². The minimum atomic E-state index is -2.66. The van der Waals surface area contributed by atoms with Gasteiger partial charge in [0.25, 0.3) is 11.8 Å². The number of rotatable bonds is 3. The third-order valence-electron chi connectivity index (χ3n) is 10.9. The van der Waals surface area contributed by atoms with Crippen LogP contribution >= 0.6 is 0 Å². The SMILES string of the molecule is Cc1ccc(-c2ccc3c(n2)N(C(=O)NC2CC(F)(F)C2)[C@H]2CCN3C2)cn1.Cc1ccc(-c2ccc3c(n2)N[C@H]2CCN3C2)cn1.NC1CC(F)(F)C1. The summed E-state index contributed by atoms with van der Waals surface area (Å²) < 4.78 is 49.7. The molecule has 8 heterocycles. The Morgan fingerprint density at radius 1 is 0.778 bits per heavy atom. The fourth-order valence-electron chi connectivity index (χ4n) is 7.85. The van der Waals surface area contributed by atoms with E-state index >= 15 is 0 Å². The Bertz CT molecular complexity index is 2000. The van der Waals surface area contributed by atoms with Gasteiger partial charge in [0, 0.05) is 105 Å². The number of amides is 2. The van der Waals surface area contributed by atoms with Crippen molar-refractivity contribution in [3.05, 3.63) is 72.3 Å². The molecular weight excluding hydrogens is 700 g/mol. The number of aryl methyl sites for hydroxylation is 2. The second-order valence-corrected chi connectivity index (χ2v) is 15.2. The highest BCUT2D eigenvalue weighted by Gasteiger charge is 2.48. The van der Waals surface area contributed by atoms with Crippen molar-refractivity contribution in [2.45, 2.75) is 88.4 Å². The van der Waals surface area contributed by atoms with Gasteiger partial charge in [-0.2, -0.15) is 0 Å². The maximum atomic E-state index is 13.1. The third-order valence-corrected chi connectivity index (χ3v) is 10.9. The average molecular weight is 745 g/mol. The summed E-state index contributed by atoms with van der Waals surface area (Å²) in [5.74, 6) is -3.48. The van der Waals surface area contributed by atoms with Crippen molar-refractivity contribution < 1.29 is 22.4 Å². The topological polar surface area (TPSA) is 128 Å². The Hall–Kier alpha value is -5.05. The Kier molecular flexibility index (Phi) is 9.31. The van der Waals surface area contributed by atoms with Gasteiger partial charge in [0.2, 0.25) is 0 Å². The van der Waals surface area contributed by atoms with Crippen molar-refractivity contribution in [2.75, 3.05) is 46.2 Å². The first kappa shape index (κ1) is 36.0. The first-order valence-corrected chi connectivity index (χ1v) is 18.5. The largest absolute Gasteiger partial charge is 0.366 e. The van der Waals surface area contributed by atoms with Crippen LogP contribution < -0.4 is 31.1 Å². The van der Waals surface area contributed by atoms with Crippen molar-refractivity contribution in [3.8, 4) is 22.5 Å². The summed E-state index contributed by atoms with van der Waals surface area (Å²) in [5, 5.41) is 6.30. The summed E-state index contributed by atoms with van der Waals surface area (Å²) in [6.07, 6.45) is 4.88. The molecule has 4 fully saturated rings. The molecule has 4 bridgehead atoms. The Balaban J connectivity index is 0.000000136. The number of carbonyl (C=O) groups excluding carboxylic acids is 1. The van der Waals surface area contributed by atoms with Crippen molar-refractivity contribution in [1.29, 1.82) is 0 Å². The molecule has 4 N–H and O–H groups in total. The standard InChI is InChI=1S/C20H21F2N5O.C15H16N4.C4H7F2N/c1-12-2-3-13(10-23-12)16-4-5-17-18(25-16)27(15-6-7-26(17)11-15)19(28)24-14-8-20(21,22)9-14;1-10-2-3-11(8-16-10)13-4-5-14-15(18-13)17-12-6-7-19(14)9-12;5-4(6)1-3(7)2-4/h2-5,10,14-15H,6-9,11H2,1H3,(H,24,28);2-5,8,12H,6-7,9H2,1H3,(H,17,18);3H,1-2,7H2/t15-;12-;/m00./s1. The second kappa shape index (κ2) is 14.0. The number of nitrogens with one attached hydrogen (secondary N) is 2. The van der Waals surface area contributed by atoms with Gasteiger partial charge in [0.1, 0.15) is 0 Å². The van der Waals surface area contributed by atoms with E-state index in [1.807, 2.05) is 50.4 Å². The molecule has 11 nitrogen and oxygen atoms in total. The van der Waals surface area contributed by atoms with E-state index in [0.717, 1.165) is 78.0 Å². The first-order valence-electron chi connectivity index (χ1n) is 18.5. The summed E-state index contributed by atoms with van der Waals surface area (Å²) in [5.41, 5.74) is 12.8. The number of halogens is 4. The quantitative estimate of drug-likeness (QED) is 0.200. The molecule has 0 aromatic carbocycles. The van der Waals surface area contributed by atoms with Gasteiger partial charge in [-0.3, -0.25) is 14.9 Å². The summed E-state index contributed by atoms with van der Waals surface area (Å²) in [6, 6.07) is 15.7. The van der Waals surface area contributed by atoms with Gasteiger partial charge >= 0.3 is 6.03 Å². The maximum absolute atomic E-state index is 13.1. The Morgan fingerprint density at radius 3 is 1.94 bits per heavy atom. The van der Waals surface area contributed by atoms with Gasteiger partial charge in [-0.25, -0.2) is 32.3 Å². The predicted octanol–water partition coefficient (Wildman–Crippen LogP) is 6.56. The molecule has 2 saturated carbocycles. The summed E-state index contributed by atoms with van der Waals surface area (Å²) >= 11 is 0. The van der Waals surface area contributed by atoms with Crippen molar-refractivity contribution in [2.24, 2.45) is 5.73 Å².